The number of nitriles is 1. The zero-order valence-corrected chi connectivity index (χ0v) is 12.5. The Kier molecular flexibility index (Phi) is 5.03. The van der Waals surface area contributed by atoms with Crippen molar-refractivity contribution in [3.63, 3.8) is 0 Å². The van der Waals surface area contributed by atoms with Gasteiger partial charge in [0.05, 0.1) is 11.6 Å². The van der Waals surface area contributed by atoms with E-state index in [2.05, 4.69) is 18.3 Å². The first-order chi connectivity index (χ1) is 9.61. The van der Waals surface area contributed by atoms with Crippen LogP contribution >= 0.6 is 23.2 Å². The van der Waals surface area contributed by atoms with Gasteiger partial charge in [0.25, 0.3) is 0 Å². The Bertz CT molecular complexity index is 647. The van der Waals surface area contributed by atoms with Gasteiger partial charge in [-0.25, -0.2) is 0 Å². The Morgan fingerprint density at radius 2 is 1.90 bits per heavy atom. The van der Waals surface area contributed by atoms with E-state index in [4.69, 9.17) is 28.5 Å². The molecule has 0 aromatic heterocycles. The van der Waals surface area contributed by atoms with Crippen molar-refractivity contribution in [2.45, 2.75) is 19.5 Å². The Morgan fingerprint density at radius 1 is 1.15 bits per heavy atom. The summed E-state index contributed by atoms with van der Waals surface area (Å²) >= 11 is 12.3. The SMILES string of the molecule is C[C@@H](NCc1ccc(C#N)cc1Cl)c1ccccc1Cl. The fourth-order valence-corrected chi connectivity index (χ4v) is 2.51. The van der Waals surface area contributed by atoms with E-state index in [1.165, 1.54) is 0 Å². The van der Waals surface area contributed by atoms with Crippen LogP contribution in [0.15, 0.2) is 42.5 Å². The van der Waals surface area contributed by atoms with Gasteiger partial charge in [-0.1, -0.05) is 47.5 Å². The maximum atomic E-state index is 8.81. The largest absolute Gasteiger partial charge is 0.306 e. The van der Waals surface area contributed by atoms with E-state index in [0.717, 1.165) is 16.1 Å². The lowest BCUT2D eigenvalue weighted by molar-refractivity contribution is 0.575. The molecule has 2 nitrogen and oxygen atoms in total. The van der Waals surface area contributed by atoms with Crippen molar-refractivity contribution < 1.29 is 0 Å². The molecule has 0 heterocycles. The summed E-state index contributed by atoms with van der Waals surface area (Å²) in [5.74, 6) is 0. The zero-order valence-electron chi connectivity index (χ0n) is 11.0. The Balaban J connectivity index is 2.06. The fourth-order valence-electron chi connectivity index (χ4n) is 1.96. The topological polar surface area (TPSA) is 35.8 Å². The second-order valence-corrected chi connectivity index (χ2v) is 5.36. The average Bonchev–Trinajstić information content (AvgIpc) is 2.46. The van der Waals surface area contributed by atoms with Crippen LogP contribution in [-0.4, -0.2) is 0 Å². The van der Waals surface area contributed by atoms with E-state index in [9.17, 15) is 0 Å². The van der Waals surface area contributed by atoms with Crippen LogP contribution < -0.4 is 5.32 Å². The summed E-state index contributed by atoms with van der Waals surface area (Å²) in [6.07, 6.45) is 0. The molecular formula is C16H14Cl2N2. The van der Waals surface area contributed by atoms with Crippen molar-refractivity contribution in [3.8, 4) is 6.07 Å². The van der Waals surface area contributed by atoms with E-state index in [1.54, 1.807) is 12.1 Å². The molecule has 0 amide bonds. The van der Waals surface area contributed by atoms with Gasteiger partial charge in [0.2, 0.25) is 0 Å². The monoisotopic (exact) mass is 304 g/mol. The molecule has 0 aliphatic heterocycles. The van der Waals surface area contributed by atoms with Crippen LogP contribution in [-0.2, 0) is 6.54 Å². The van der Waals surface area contributed by atoms with Gasteiger partial charge in [0.15, 0.2) is 0 Å². The molecule has 2 aromatic carbocycles. The van der Waals surface area contributed by atoms with E-state index in [0.29, 0.717) is 17.1 Å². The maximum absolute atomic E-state index is 8.81. The zero-order chi connectivity index (χ0) is 14.5. The second-order valence-electron chi connectivity index (χ2n) is 4.54. The predicted octanol–water partition coefficient (Wildman–Crippen LogP) is 4.72. The van der Waals surface area contributed by atoms with E-state index < -0.39 is 0 Å². The lowest BCUT2D eigenvalue weighted by atomic mass is 10.1. The Hall–Kier alpha value is -1.53. The summed E-state index contributed by atoms with van der Waals surface area (Å²) in [6.45, 7) is 2.68. The Morgan fingerprint density at radius 3 is 2.55 bits per heavy atom. The Labute approximate surface area is 128 Å². The molecule has 0 fully saturated rings. The minimum absolute atomic E-state index is 0.121. The van der Waals surface area contributed by atoms with Crippen molar-refractivity contribution in [1.29, 1.82) is 5.26 Å². The molecule has 4 heteroatoms. The van der Waals surface area contributed by atoms with Crippen LogP contribution in [0, 0.1) is 11.3 Å². The average molecular weight is 305 g/mol. The molecule has 102 valence electrons. The highest BCUT2D eigenvalue weighted by molar-refractivity contribution is 6.31. The van der Waals surface area contributed by atoms with Crippen molar-refractivity contribution >= 4 is 23.2 Å². The highest BCUT2D eigenvalue weighted by atomic mass is 35.5. The van der Waals surface area contributed by atoms with Crippen molar-refractivity contribution in [2.75, 3.05) is 0 Å². The van der Waals surface area contributed by atoms with Crippen LogP contribution in [0.3, 0.4) is 0 Å². The number of rotatable bonds is 4. The van der Waals surface area contributed by atoms with Gasteiger partial charge in [0.1, 0.15) is 0 Å². The fraction of sp³-hybridized carbons (Fsp3) is 0.188. The lowest BCUT2D eigenvalue weighted by Crippen LogP contribution is -2.18. The van der Waals surface area contributed by atoms with Gasteiger partial charge in [0, 0.05) is 22.6 Å². The first-order valence-corrected chi connectivity index (χ1v) is 7.03. The predicted molar refractivity (Wildman–Crippen MR) is 82.9 cm³/mol. The van der Waals surface area contributed by atoms with Gasteiger partial charge >= 0.3 is 0 Å². The first kappa shape index (κ1) is 14.9. The molecular weight excluding hydrogens is 291 g/mol. The number of nitrogens with one attached hydrogen (secondary N) is 1. The van der Waals surface area contributed by atoms with Gasteiger partial charge in [-0.15, -0.1) is 0 Å². The van der Waals surface area contributed by atoms with Crippen molar-refractivity contribution in [2.24, 2.45) is 0 Å². The summed E-state index contributed by atoms with van der Waals surface area (Å²) in [5, 5.41) is 13.5. The molecule has 1 N–H and O–H groups in total. The van der Waals surface area contributed by atoms with E-state index >= 15 is 0 Å². The summed E-state index contributed by atoms with van der Waals surface area (Å²) in [5.41, 5.74) is 2.58. The maximum Gasteiger partial charge on any atom is 0.0992 e. The molecule has 0 saturated carbocycles. The molecule has 1 atom stereocenters. The summed E-state index contributed by atoms with van der Waals surface area (Å²) in [7, 11) is 0. The van der Waals surface area contributed by atoms with Crippen LogP contribution in [0.25, 0.3) is 0 Å². The van der Waals surface area contributed by atoms with Crippen LogP contribution in [0.5, 0.6) is 0 Å². The minimum atomic E-state index is 0.121. The number of benzene rings is 2. The third kappa shape index (κ3) is 3.52. The standard InChI is InChI=1S/C16H14Cl2N2/c1-11(14-4-2-3-5-15(14)17)20-10-13-7-6-12(9-19)8-16(13)18/h2-8,11,20H,10H2,1H3/t11-/m1/s1. The summed E-state index contributed by atoms with van der Waals surface area (Å²) < 4.78 is 0. The molecule has 0 unspecified atom stereocenters. The lowest BCUT2D eigenvalue weighted by Gasteiger charge is -2.16. The highest BCUT2D eigenvalue weighted by Gasteiger charge is 2.09. The van der Waals surface area contributed by atoms with E-state index in [1.807, 2.05) is 30.3 Å². The van der Waals surface area contributed by atoms with Crippen LogP contribution in [0.1, 0.15) is 29.7 Å². The quantitative estimate of drug-likeness (QED) is 0.887. The second kappa shape index (κ2) is 6.76. The van der Waals surface area contributed by atoms with Crippen LogP contribution in [0.4, 0.5) is 0 Å². The van der Waals surface area contributed by atoms with Crippen LogP contribution in [0.2, 0.25) is 10.0 Å². The molecule has 0 aliphatic carbocycles. The van der Waals surface area contributed by atoms with Gasteiger partial charge < -0.3 is 5.32 Å². The number of halogens is 2. The van der Waals surface area contributed by atoms with Gasteiger partial charge in [-0.2, -0.15) is 5.26 Å². The number of hydrogen-bond acceptors (Lipinski definition) is 2. The number of nitrogens with zero attached hydrogens (tertiary/aromatic N) is 1. The highest BCUT2D eigenvalue weighted by Crippen LogP contribution is 2.23. The van der Waals surface area contributed by atoms with Gasteiger partial charge in [-0.05, 0) is 36.2 Å². The van der Waals surface area contributed by atoms with E-state index in [-0.39, 0.29) is 6.04 Å². The summed E-state index contributed by atoms with van der Waals surface area (Å²) in [4.78, 5) is 0. The normalized spacial score (nSPS) is 11.9. The number of hydrogen-bond donors (Lipinski definition) is 1. The molecule has 0 aliphatic rings. The first-order valence-electron chi connectivity index (χ1n) is 6.28. The molecule has 20 heavy (non-hydrogen) atoms. The molecule has 2 aromatic rings. The van der Waals surface area contributed by atoms with Crippen molar-refractivity contribution in [1.82, 2.24) is 5.32 Å². The molecule has 0 bridgehead atoms. The third-order valence-electron chi connectivity index (χ3n) is 3.15. The molecule has 0 spiro atoms. The van der Waals surface area contributed by atoms with Gasteiger partial charge in [-0.3, -0.25) is 0 Å². The third-order valence-corrected chi connectivity index (χ3v) is 3.85. The molecule has 0 saturated heterocycles. The minimum Gasteiger partial charge on any atom is -0.306 e. The molecule has 2 rings (SSSR count). The summed E-state index contributed by atoms with van der Waals surface area (Å²) in [6, 6.07) is 15.3. The smallest absolute Gasteiger partial charge is 0.0992 e. The van der Waals surface area contributed by atoms with Crippen molar-refractivity contribution in [3.05, 3.63) is 69.2 Å². The molecule has 0 radical (unpaired) electrons.